The summed E-state index contributed by atoms with van der Waals surface area (Å²) in [5.74, 6) is -0.321. The van der Waals surface area contributed by atoms with Crippen LogP contribution in [0.15, 0.2) is 17.0 Å². The van der Waals surface area contributed by atoms with E-state index in [0.29, 0.717) is 12.5 Å². The molecule has 0 atom stereocenters. The van der Waals surface area contributed by atoms with Crippen LogP contribution in [-0.4, -0.2) is 21.0 Å². The maximum atomic E-state index is 12.1. The van der Waals surface area contributed by atoms with Gasteiger partial charge in [0.15, 0.2) is 0 Å². The van der Waals surface area contributed by atoms with Gasteiger partial charge in [0.1, 0.15) is 4.90 Å². The van der Waals surface area contributed by atoms with Crippen LogP contribution in [0.5, 0.6) is 0 Å². The molecule has 8 heteroatoms. The third-order valence-electron chi connectivity index (χ3n) is 3.72. The first kappa shape index (κ1) is 17.5. The molecule has 5 nitrogen and oxygen atoms in total. The van der Waals surface area contributed by atoms with Crippen LogP contribution in [0.4, 0.5) is 0 Å². The van der Waals surface area contributed by atoms with Crippen molar-refractivity contribution >= 4 is 39.2 Å². The second-order valence-corrected chi connectivity index (χ2v) is 7.75. The van der Waals surface area contributed by atoms with E-state index in [1.165, 1.54) is 12.5 Å². The fourth-order valence-corrected chi connectivity index (χ4v) is 3.92. The Morgan fingerprint density at radius 3 is 2.41 bits per heavy atom. The molecule has 0 saturated heterocycles. The quantitative estimate of drug-likeness (QED) is 0.828. The van der Waals surface area contributed by atoms with Gasteiger partial charge in [-0.2, -0.15) is 0 Å². The van der Waals surface area contributed by atoms with Gasteiger partial charge in [-0.25, -0.2) is 18.4 Å². The number of halogens is 2. The zero-order valence-electron chi connectivity index (χ0n) is 11.8. The molecule has 0 amide bonds. The first-order valence-corrected chi connectivity index (χ1v) is 9.28. The lowest BCUT2D eigenvalue weighted by atomic mass is 9.90. The second kappa shape index (κ2) is 7.17. The highest BCUT2D eigenvalue weighted by atomic mass is 35.5. The van der Waals surface area contributed by atoms with Crippen molar-refractivity contribution in [3.8, 4) is 0 Å². The number of carbonyl (C=O) groups is 1. The van der Waals surface area contributed by atoms with Gasteiger partial charge in [0, 0.05) is 0 Å². The molecule has 1 fully saturated rings. The third-order valence-corrected chi connectivity index (χ3v) is 5.41. The van der Waals surface area contributed by atoms with E-state index in [4.69, 9.17) is 33.1 Å². The molecule has 0 radical (unpaired) electrons. The zero-order chi connectivity index (χ0) is 16.3. The Morgan fingerprint density at radius 1 is 1.18 bits per heavy atom. The molecule has 0 aromatic heterocycles. The number of benzene rings is 1. The molecule has 1 aromatic carbocycles. The average Bonchev–Trinajstić information content (AvgIpc) is 2.44. The number of hydrogen-bond acceptors (Lipinski definition) is 4. The van der Waals surface area contributed by atoms with Crippen LogP contribution in [0.2, 0.25) is 10.0 Å². The highest BCUT2D eigenvalue weighted by molar-refractivity contribution is 7.89. The molecule has 1 aromatic rings. The lowest BCUT2D eigenvalue weighted by Crippen LogP contribution is -2.18. The van der Waals surface area contributed by atoms with Crippen molar-refractivity contribution in [3.63, 3.8) is 0 Å². The summed E-state index contributed by atoms with van der Waals surface area (Å²) < 4.78 is 28.1. The van der Waals surface area contributed by atoms with Gasteiger partial charge in [-0.15, -0.1) is 0 Å². The van der Waals surface area contributed by atoms with E-state index in [-0.39, 0.29) is 20.5 Å². The molecule has 0 unspecified atom stereocenters. The zero-order valence-corrected chi connectivity index (χ0v) is 14.2. The molecule has 1 aliphatic rings. The molecule has 122 valence electrons. The molecule has 2 N–H and O–H groups in total. The molecule has 0 bridgehead atoms. The molecule has 1 saturated carbocycles. The molecule has 0 spiro atoms. The normalized spacial score (nSPS) is 16.5. The number of sulfonamides is 1. The molecule has 22 heavy (non-hydrogen) atoms. The van der Waals surface area contributed by atoms with Gasteiger partial charge in [0.05, 0.1) is 22.2 Å². The summed E-state index contributed by atoms with van der Waals surface area (Å²) in [6.45, 7) is 0.308. The van der Waals surface area contributed by atoms with E-state index < -0.39 is 16.0 Å². The predicted molar refractivity (Wildman–Crippen MR) is 84.7 cm³/mol. The van der Waals surface area contributed by atoms with E-state index in [1.54, 1.807) is 0 Å². The Hall–Kier alpha value is -0.820. The highest BCUT2D eigenvalue weighted by Crippen LogP contribution is 2.29. The second-order valence-electron chi connectivity index (χ2n) is 5.41. The van der Waals surface area contributed by atoms with Gasteiger partial charge in [0.25, 0.3) is 0 Å². The van der Waals surface area contributed by atoms with E-state index in [1.807, 2.05) is 0 Å². The summed E-state index contributed by atoms with van der Waals surface area (Å²) in [6.07, 6.45) is 5.55. The number of ether oxygens (including phenoxy) is 1. The first-order valence-electron chi connectivity index (χ1n) is 6.98. The van der Waals surface area contributed by atoms with Gasteiger partial charge >= 0.3 is 5.97 Å². The third kappa shape index (κ3) is 4.35. The maximum Gasteiger partial charge on any atom is 0.339 e. The van der Waals surface area contributed by atoms with Gasteiger partial charge < -0.3 is 4.74 Å². The van der Waals surface area contributed by atoms with Gasteiger partial charge in [-0.05, 0) is 30.9 Å². The minimum atomic E-state index is -4.04. The fraction of sp³-hybridized carbons (Fsp3) is 0.500. The number of rotatable bonds is 4. The molecule has 0 heterocycles. The Balaban J connectivity index is 2.15. The van der Waals surface area contributed by atoms with Gasteiger partial charge in [-0.1, -0.05) is 42.5 Å². The Bertz CT molecular complexity index is 670. The summed E-state index contributed by atoms with van der Waals surface area (Å²) in [5, 5.41) is 4.97. The topological polar surface area (TPSA) is 86.5 Å². The standard InChI is InChI=1S/C14H17Cl2NO4S/c15-11-7-12(16)13(22(17,19)20)6-10(11)14(18)21-8-9-4-2-1-3-5-9/h6-7,9H,1-5,8H2,(H2,17,19,20). The van der Waals surface area contributed by atoms with Crippen LogP contribution in [0.25, 0.3) is 0 Å². The molecule has 2 rings (SSSR count). The van der Waals surface area contributed by atoms with Crippen LogP contribution in [0, 0.1) is 5.92 Å². The number of carbonyl (C=O) groups excluding carboxylic acids is 1. The van der Waals surface area contributed by atoms with Crippen molar-refractivity contribution in [3.05, 3.63) is 27.7 Å². The molecular formula is C14H17Cl2NO4S. The molecular weight excluding hydrogens is 349 g/mol. The van der Waals surface area contributed by atoms with Crippen molar-refractivity contribution in [2.24, 2.45) is 11.1 Å². The largest absolute Gasteiger partial charge is 0.462 e. The van der Waals surface area contributed by atoms with Crippen molar-refractivity contribution in [2.45, 2.75) is 37.0 Å². The monoisotopic (exact) mass is 365 g/mol. The minimum Gasteiger partial charge on any atom is -0.462 e. The van der Waals surface area contributed by atoms with E-state index >= 15 is 0 Å². The maximum absolute atomic E-state index is 12.1. The lowest BCUT2D eigenvalue weighted by molar-refractivity contribution is 0.0410. The predicted octanol–water partition coefficient (Wildman–Crippen LogP) is 3.38. The Morgan fingerprint density at radius 2 is 1.82 bits per heavy atom. The van der Waals surface area contributed by atoms with Crippen molar-refractivity contribution in [1.82, 2.24) is 0 Å². The van der Waals surface area contributed by atoms with Crippen molar-refractivity contribution in [2.75, 3.05) is 6.61 Å². The number of nitrogens with two attached hydrogens (primary N) is 1. The summed E-state index contributed by atoms with van der Waals surface area (Å²) in [4.78, 5) is 11.8. The van der Waals surface area contributed by atoms with Crippen LogP contribution < -0.4 is 5.14 Å². The van der Waals surface area contributed by atoms with E-state index in [9.17, 15) is 13.2 Å². The van der Waals surface area contributed by atoms with E-state index in [0.717, 1.165) is 31.7 Å². The number of primary sulfonamides is 1. The SMILES string of the molecule is NS(=O)(=O)c1cc(C(=O)OCC2CCCCC2)c(Cl)cc1Cl. The fourth-order valence-electron chi connectivity index (χ4n) is 2.53. The van der Waals surface area contributed by atoms with E-state index in [2.05, 4.69) is 0 Å². The summed E-state index contributed by atoms with van der Waals surface area (Å²) >= 11 is 11.7. The lowest BCUT2D eigenvalue weighted by Gasteiger charge is -2.21. The van der Waals surface area contributed by atoms with Crippen molar-refractivity contribution < 1.29 is 17.9 Å². The Labute approximate surface area is 139 Å². The van der Waals surface area contributed by atoms with Crippen LogP contribution in [0.3, 0.4) is 0 Å². The highest BCUT2D eigenvalue weighted by Gasteiger charge is 2.22. The molecule has 1 aliphatic carbocycles. The number of esters is 1. The average molecular weight is 366 g/mol. The number of hydrogen-bond donors (Lipinski definition) is 1. The van der Waals surface area contributed by atoms with Crippen LogP contribution in [0.1, 0.15) is 42.5 Å². The summed E-state index contributed by atoms with van der Waals surface area (Å²) in [6, 6.07) is 2.24. The summed E-state index contributed by atoms with van der Waals surface area (Å²) in [5.41, 5.74) is -0.0501. The summed E-state index contributed by atoms with van der Waals surface area (Å²) in [7, 11) is -4.04. The van der Waals surface area contributed by atoms with Gasteiger partial charge in [-0.3, -0.25) is 0 Å². The van der Waals surface area contributed by atoms with Crippen LogP contribution >= 0.6 is 23.2 Å². The van der Waals surface area contributed by atoms with Crippen molar-refractivity contribution in [1.29, 1.82) is 0 Å². The smallest absolute Gasteiger partial charge is 0.339 e. The Kier molecular flexibility index (Phi) is 5.71. The minimum absolute atomic E-state index is 0.0334. The van der Waals surface area contributed by atoms with Crippen LogP contribution in [-0.2, 0) is 14.8 Å². The van der Waals surface area contributed by atoms with Gasteiger partial charge in [0.2, 0.25) is 10.0 Å². The molecule has 0 aliphatic heterocycles. The first-order chi connectivity index (χ1) is 10.3.